The second-order valence-corrected chi connectivity index (χ2v) is 4.18. The summed E-state index contributed by atoms with van der Waals surface area (Å²) in [5, 5.41) is 5.99. The minimum absolute atomic E-state index is 0. The van der Waals surface area contributed by atoms with Crippen molar-refractivity contribution in [3.05, 3.63) is 40.7 Å². The molecule has 3 amide bonds. The number of rotatable bonds is 2. The molecular weight excluding hydrogens is 416 g/mol. The fourth-order valence-electron chi connectivity index (χ4n) is 1.72. The third kappa shape index (κ3) is 4.00. The van der Waals surface area contributed by atoms with Crippen molar-refractivity contribution in [3.63, 3.8) is 0 Å². The first-order valence-electron chi connectivity index (χ1n) is 5.63. The molecule has 19 heavy (non-hydrogen) atoms. The summed E-state index contributed by atoms with van der Waals surface area (Å²) < 4.78 is 0. The summed E-state index contributed by atoms with van der Waals surface area (Å²) in [6, 6.07) is 7.13. The van der Waals surface area contributed by atoms with Gasteiger partial charge in [-0.1, -0.05) is 6.92 Å². The van der Waals surface area contributed by atoms with Gasteiger partial charge >= 0.3 is 21.1 Å². The van der Waals surface area contributed by atoms with Crippen molar-refractivity contribution >= 4 is 17.7 Å². The van der Waals surface area contributed by atoms with E-state index in [9.17, 15) is 14.4 Å². The third-order valence-electron chi connectivity index (χ3n) is 2.67. The Balaban J connectivity index is 0.00000180. The van der Waals surface area contributed by atoms with E-state index in [-0.39, 0.29) is 39.8 Å². The molecule has 1 fully saturated rings. The SMILES string of the molecule is Cc1cc[c-]c(C(=O)[N-]C2CCC(=O)NC2=O)c1.[W+2]. The Morgan fingerprint density at radius 3 is 2.84 bits per heavy atom. The van der Waals surface area contributed by atoms with E-state index in [0.717, 1.165) is 5.56 Å². The minimum Gasteiger partial charge on any atom is -0.684 e. The topological polar surface area (TPSA) is 77.3 Å². The molecule has 1 heterocycles. The second kappa shape index (κ2) is 6.62. The first kappa shape index (κ1) is 15.6. The van der Waals surface area contributed by atoms with E-state index in [2.05, 4.69) is 16.7 Å². The van der Waals surface area contributed by atoms with Crippen LogP contribution >= 0.6 is 0 Å². The maximum atomic E-state index is 11.8. The van der Waals surface area contributed by atoms with E-state index in [1.807, 2.05) is 13.0 Å². The van der Waals surface area contributed by atoms with Gasteiger partial charge in [0.05, 0.1) is 0 Å². The van der Waals surface area contributed by atoms with Crippen LogP contribution in [0.5, 0.6) is 0 Å². The molecule has 0 aromatic heterocycles. The van der Waals surface area contributed by atoms with Crippen LogP contribution in [0.4, 0.5) is 0 Å². The minimum atomic E-state index is -0.774. The van der Waals surface area contributed by atoms with Crippen molar-refractivity contribution in [1.29, 1.82) is 0 Å². The van der Waals surface area contributed by atoms with Gasteiger partial charge in [-0.05, 0) is 18.4 Å². The summed E-state index contributed by atoms with van der Waals surface area (Å²) in [5.41, 5.74) is 1.26. The number of hydrogen-bond acceptors (Lipinski definition) is 3. The van der Waals surface area contributed by atoms with Gasteiger partial charge in [0.25, 0.3) is 0 Å². The summed E-state index contributed by atoms with van der Waals surface area (Å²) >= 11 is 0. The molecule has 0 saturated carbocycles. The van der Waals surface area contributed by atoms with Crippen LogP contribution in [0.15, 0.2) is 18.2 Å². The predicted octanol–water partition coefficient (Wildman–Crippen LogP) is 1.11. The van der Waals surface area contributed by atoms with Crippen LogP contribution in [0.25, 0.3) is 5.32 Å². The van der Waals surface area contributed by atoms with Gasteiger partial charge in [-0.3, -0.25) is 14.9 Å². The molecule has 6 heteroatoms. The second-order valence-electron chi connectivity index (χ2n) is 4.18. The molecule has 0 radical (unpaired) electrons. The van der Waals surface area contributed by atoms with E-state index < -0.39 is 17.9 Å². The number of imide groups is 1. The molecule has 1 N–H and O–H groups in total. The Hall–Kier alpha value is -1.48. The number of nitrogens with zero attached hydrogens (tertiary/aromatic N) is 1. The van der Waals surface area contributed by atoms with Crippen LogP contribution in [0, 0.1) is 13.0 Å². The molecule has 0 spiro atoms. The number of nitrogens with one attached hydrogen (secondary N) is 1. The van der Waals surface area contributed by atoms with Crippen LogP contribution in [0.1, 0.15) is 28.8 Å². The Labute approximate surface area is 125 Å². The van der Waals surface area contributed by atoms with Crippen molar-refractivity contribution in [2.24, 2.45) is 0 Å². The van der Waals surface area contributed by atoms with Gasteiger partial charge in [0.2, 0.25) is 11.8 Å². The van der Waals surface area contributed by atoms with Gasteiger partial charge in [-0.15, -0.1) is 35.4 Å². The monoisotopic (exact) mass is 428 g/mol. The van der Waals surface area contributed by atoms with Crippen LogP contribution in [-0.2, 0) is 30.7 Å². The summed E-state index contributed by atoms with van der Waals surface area (Å²) in [5.74, 6) is -1.30. The van der Waals surface area contributed by atoms with Gasteiger partial charge in [0.15, 0.2) is 0 Å². The summed E-state index contributed by atoms with van der Waals surface area (Å²) in [6.07, 6.45) is 0.493. The first-order chi connectivity index (χ1) is 8.56. The van der Waals surface area contributed by atoms with Crippen LogP contribution in [-0.4, -0.2) is 23.8 Å². The average Bonchev–Trinajstić information content (AvgIpc) is 2.32. The first-order valence-corrected chi connectivity index (χ1v) is 5.63. The van der Waals surface area contributed by atoms with Gasteiger partial charge in [-0.2, -0.15) is 0 Å². The van der Waals surface area contributed by atoms with Crippen molar-refractivity contribution < 1.29 is 35.4 Å². The van der Waals surface area contributed by atoms with Crippen molar-refractivity contribution in [2.45, 2.75) is 25.8 Å². The van der Waals surface area contributed by atoms with Crippen molar-refractivity contribution in [3.8, 4) is 0 Å². The molecule has 1 aliphatic heterocycles. The zero-order valence-electron chi connectivity index (χ0n) is 10.3. The Morgan fingerprint density at radius 2 is 2.21 bits per heavy atom. The molecule has 1 aliphatic rings. The van der Waals surface area contributed by atoms with Crippen LogP contribution in [0.3, 0.4) is 0 Å². The number of carbonyl (C=O) groups excluding carboxylic acids is 3. The largest absolute Gasteiger partial charge is 2.00 e. The summed E-state index contributed by atoms with van der Waals surface area (Å²) in [4.78, 5) is 34.2. The van der Waals surface area contributed by atoms with E-state index in [4.69, 9.17) is 0 Å². The summed E-state index contributed by atoms with van der Waals surface area (Å²) in [6.45, 7) is 1.86. The van der Waals surface area contributed by atoms with E-state index in [1.165, 1.54) is 0 Å². The molecule has 0 bridgehead atoms. The Bertz CT molecular complexity index is 516. The number of benzene rings is 1. The summed E-state index contributed by atoms with van der Waals surface area (Å²) in [7, 11) is 0. The van der Waals surface area contributed by atoms with Gasteiger partial charge < -0.3 is 10.1 Å². The molecule has 1 saturated heterocycles. The number of amides is 3. The van der Waals surface area contributed by atoms with Crippen LogP contribution in [0.2, 0.25) is 0 Å². The average molecular weight is 428 g/mol. The number of aryl methyl sites for hydroxylation is 1. The standard InChI is InChI=1S/C13H13N2O3.W/c1-8-3-2-4-9(7-8)12(17)14-10-5-6-11(16)15-13(10)18;/h2-3,7,10H,5-6H2,1H3,(H2,14,15,16,17,18);/q-1;+2/p-1. The maximum absolute atomic E-state index is 11.8. The zero-order chi connectivity index (χ0) is 13.1. The van der Waals surface area contributed by atoms with Gasteiger partial charge in [0.1, 0.15) is 0 Å². The normalized spacial score (nSPS) is 18.3. The molecule has 1 aromatic rings. The van der Waals surface area contributed by atoms with E-state index >= 15 is 0 Å². The maximum Gasteiger partial charge on any atom is 2.00 e. The Morgan fingerprint density at radius 1 is 1.47 bits per heavy atom. The number of carbonyl (C=O) groups is 3. The fourth-order valence-corrected chi connectivity index (χ4v) is 1.72. The van der Waals surface area contributed by atoms with E-state index in [1.54, 1.807) is 12.1 Å². The third-order valence-corrected chi connectivity index (χ3v) is 2.67. The zero-order valence-corrected chi connectivity index (χ0v) is 13.2. The number of hydrogen-bond donors (Lipinski definition) is 1. The number of piperidine rings is 1. The quantitative estimate of drug-likeness (QED) is 0.567. The molecule has 0 aliphatic carbocycles. The van der Waals surface area contributed by atoms with Crippen molar-refractivity contribution in [1.82, 2.24) is 5.32 Å². The molecular formula is C13H12N2O3W. The molecule has 98 valence electrons. The van der Waals surface area contributed by atoms with Gasteiger partial charge in [-0.25, -0.2) is 0 Å². The molecule has 1 atom stereocenters. The Kier molecular flexibility index (Phi) is 5.42. The molecule has 5 nitrogen and oxygen atoms in total. The van der Waals surface area contributed by atoms with Crippen molar-refractivity contribution in [2.75, 3.05) is 0 Å². The smallest absolute Gasteiger partial charge is 0.684 e. The van der Waals surface area contributed by atoms with Gasteiger partial charge in [0, 0.05) is 6.42 Å². The molecule has 2 rings (SSSR count). The predicted molar refractivity (Wildman–Crippen MR) is 63.9 cm³/mol. The molecule has 1 aromatic carbocycles. The van der Waals surface area contributed by atoms with E-state index in [0.29, 0.717) is 5.56 Å². The fraction of sp³-hybridized carbons (Fsp3) is 0.308. The molecule has 1 unspecified atom stereocenters. The van der Waals surface area contributed by atoms with Crippen LogP contribution < -0.4 is 5.32 Å².